The van der Waals surface area contributed by atoms with Gasteiger partial charge < -0.3 is 4.74 Å². The molecule has 1 heterocycles. The number of rotatable bonds is 1. The van der Waals surface area contributed by atoms with Crippen LogP contribution in [0.2, 0.25) is 0 Å². The molecule has 0 N–H and O–H groups in total. The van der Waals surface area contributed by atoms with Crippen LogP contribution in [0, 0.1) is 11.3 Å². The Balaban J connectivity index is 1.91. The average Bonchev–Trinajstić information content (AvgIpc) is 2.02. The van der Waals surface area contributed by atoms with Gasteiger partial charge >= 0.3 is 0 Å². The molecule has 0 spiro atoms. The second-order valence-corrected chi connectivity index (χ2v) is 4.48. The lowest BCUT2D eigenvalue weighted by atomic mass is 9.69. The minimum absolute atomic E-state index is 0.570. The SMILES string of the molecule is CC1(C2CCCCC2)COC1. The molecule has 0 amide bonds. The quantitative estimate of drug-likeness (QED) is 0.564. The first kappa shape index (κ1) is 7.60. The number of ether oxygens (including phenoxy) is 1. The number of hydrogen-bond acceptors (Lipinski definition) is 1. The Bertz CT molecular complexity index is 132. The normalized spacial score (nSPS) is 31.4. The summed E-state index contributed by atoms with van der Waals surface area (Å²) in [4.78, 5) is 0. The molecule has 2 aliphatic rings. The van der Waals surface area contributed by atoms with Crippen molar-refractivity contribution in [1.82, 2.24) is 0 Å². The smallest absolute Gasteiger partial charge is 0.0544 e. The van der Waals surface area contributed by atoms with E-state index in [9.17, 15) is 0 Å². The first-order chi connectivity index (χ1) is 5.31. The Morgan fingerprint density at radius 1 is 1.09 bits per heavy atom. The van der Waals surface area contributed by atoms with Gasteiger partial charge in [0.25, 0.3) is 0 Å². The van der Waals surface area contributed by atoms with E-state index < -0.39 is 0 Å². The zero-order chi connectivity index (χ0) is 7.73. The Kier molecular flexibility index (Phi) is 1.92. The topological polar surface area (TPSA) is 9.23 Å². The zero-order valence-corrected chi connectivity index (χ0v) is 7.44. The second-order valence-electron chi connectivity index (χ2n) is 4.48. The van der Waals surface area contributed by atoms with E-state index in [-0.39, 0.29) is 0 Å². The fourth-order valence-corrected chi connectivity index (χ4v) is 2.46. The van der Waals surface area contributed by atoms with Gasteiger partial charge in [-0.1, -0.05) is 26.2 Å². The van der Waals surface area contributed by atoms with Gasteiger partial charge in [-0.25, -0.2) is 0 Å². The molecule has 1 saturated carbocycles. The van der Waals surface area contributed by atoms with Crippen LogP contribution in [0.25, 0.3) is 0 Å². The maximum absolute atomic E-state index is 5.29. The minimum atomic E-state index is 0.570. The molecule has 1 aliphatic carbocycles. The Hall–Kier alpha value is -0.0400. The van der Waals surface area contributed by atoms with E-state index in [0.717, 1.165) is 19.1 Å². The van der Waals surface area contributed by atoms with Crippen molar-refractivity contribution >= 4 is 0 Å². The molecule has 0 atom stereocenters. The van der Waals surface area contributed by atoms with Crippen molar-refractivity contribution in [3.05, 3.63) is 0 Å². The van der Waals surface area contributed by atoms with Crippen LogP contribution >= 0.6 is 0 Å². The van der Waals surface area contributed by atoms with Crippen molar-refractivity contribution in [3.63, 3.8) is 0 Å². The average molecular weight is 154 g/mol. The summed E-state index contributed by atoms with van der Waals surface area (Å²) in [7, 11) is 0. The van der Waals surface area contributed by atoms with Crippen LogP contribution in [-0.4, -0.2) is 13.2 Å². The van der Waals surface area contributed by atoms with Gasteiger partial charge in [-0.15, -0.1) is 0 Å². The predicted molar refractivity (Wildman–Crippen MR) is 45.5 cm³/mol. The highest BCUT2D eigenvalue weighted by Gasteiger charge is 2.41. The van der Waals surface area contributed by atoms with E-state index in [0.29, 0.717) is 5.41 Å². The second kappa shape index (κ2) is 2.78. The van der Waals surface area contributed by atoms with Gasteiger partial charge in [-0.05, 0) is 18.8 Å². The molecule has 0 unspecified atom stereocenters. The van der Waals surface area contributed by atoms with Crippen LogP contribution in [0.3, 0.4) is 0 Å². The van der Waals surface area contributed by atoms with E-state index in [2.05, 4.69) is 6.92 Å². The summed E-state index contributed by atoms with van der Waals surface area (Å²) in [6.45, 7) is 4.45. The lowest BCUT2D eigenvalue weighted by molar-refractivity contribution is -0.140. The molecule has 2 fully saturated rings. The fraction of sp³-hybridized carbons (Fsp3) is 1.00. The summed E-state index contributed by atoms with van der Waals surface area (Å²) in [5.41, 5.74) is 0.570. The minimum Gasteiger partial charge on any atom is -0.380 e. The van der Waals surface area contributed by atoms with Gasteiger partial charge in [0, 0.05) is 5.41 Å². The van der Waals surface area contributed by atoms with Gasteiger partial charge in [0.05, 0.1) is 13.2 Å². The third-order valence-electron chi connectivity index (χ3n) is 3.45. The molecule has 0 aromatic rings. The van der Waals surface area contributed by atoms with Crippen LogP contribution in [-0.2, 0) is 4.74 Å². The molecule has 0 radical (unpaired) electrons. The first-order valence-electron chi connectivity index (χ1n) is 4.89. The standard InChI is InChI=1S/C10H18O/c1-10(7-11-8-10)9-5-3-2-4-6-9/h9H,2-8H2,1H3. The maximum atomic E-state index is 5.29. The van der Waals surface area contributed by atoms with Crippen molar-refractivity contribution in [2.75, 3.05) is 13.2 Å². The van der Waals surface area contributed by atoms with Gasteiger partial charge in [-0.2, -0.15) is 0 Å². The van der Waals surface area contributed by atoms with Crippen molar-refractivity contribution in [1.29, 1.82) is 0 Å². The van der Waals surface area contributed by atoms with Crippen molar-refractivity contribution < 1.29 is 4.74 Å². The zero-order valence-electron chi connectivity index (χ0n) is 7.44. The fourth-order valence-electron chi connectivity index (χ4n) is 2.46. The summed E-state index contributed by atoms with van der Waals surface area (Å²) in [5, 5.41) is 0. The summed E-state index contributed by atoms with van der Waals surface area (Å²) in [6.07, 6.45) is 7.30. The Labute approximate surface area is 69.1 Å². The largest absolute Gasteiger partial charge is 0.380 e. The van der Waals surface area contributed by atoms with E-state index in [4.69, 9.17) is 4.74 Å². The molecule has 1 saturated heterocycles. The molecule has 1 nitrogen and oxygen atoms in total. The van der Waals surface area contributed by atoms with Crippen molar-refractivity contribution in [2.45, 2.75) is 39.0 Å². The van der Waals surface area contributed by atoms with E-state index in [1.807, 2.05) is 0 Å². The Morgan fingerprint density at radius 2 is 1.73 bits per heavy atom. The van der Waals surface area contributed by atoms with Crippen LogP contribution < -0.4 is 0 Å². The highest BCUT2D eigenvalue weighted by molar-refractivity contribution is 4.89. The van der Waals surface area contributed by atoms with Gasteiger partial charge in [-0.3, -0.25) is 0 Å². The first-order valence-corrected chi connectivity index (χ1v) is 4.89. The predicted octanol–water partition coefficient (Wildman–Crippen LogP) is 2.60. The van der Waals surface area contributed by atoms with Crippen LogP contribution in [0.15, 0.2) is 0 Å². The van der Waals surface area contributed by atoms with Crippen LogP contribution in [0.4, 0.5) is 0 Å². The highest BCUT2D eigenvalue weighted by atomic mass is 16.5. The van der Waals surface area contributed by atoms with Gasteiger partial charge in [0.1, 0.15) is 0 Å². The third kappa shape index (κ3) is 1.31. The Morgan fingerprint density at radius 3 is 2.18 bits per heavy atom. The third-order valence-corrected chi connectivity index (χ3v) is 3.45. The monoisotopic (exact) mass is 154 g/mol. The molecule has 0 aromatic heterocycles. The van der Waals surface area contributed by atoms with Gasteiger partial charge in [0.15, 0.2) is 0 Å². The van der Waals surface area contributed by atoms with Crippen LogP contribution in [0.5, 0.6) is 0 Å². The molecule has 64 valence electrons. The number of hydrogen-bond donors (Lipinski definition) is 0. The highest BCUT2D eigenvalue weighted by Crippen LogP contribution is 2.43. The van der Waals surface area contributed by atoms with Crippen LogP contribution in [0.1, 0.15) is 39.0 Å². The van der Waals surface area contributed by atoms with E-state index in [1.165, 1.54) is 32.1 Å². The molecule has 11 heavy (non-hydrogen) atoms. The lowest BCUT2D eigenvalue weighted by Crippen LogP contribution is -2.46. The summed E-state index contributed by atoms with van der Waals surface area (Å²) < 4.78 is 5.29. The molecule has 1 heteroatoms. The summed E-state index contributed by atoms with van der Waals surface area (Å²) >= 11 is 0. The molecule has 0 aromatic carbocycles. The summed E-state index contributed by atoms with van der Waals surface area (Å²) in [5.74, 6) is 0.977. The maximum Gasteiger partial charge on any atom is 0.0544 e. The molecule has 2 rings (SSSR count). The molecule has 1 aliphatic heterocycles. The van der Waals surface area contributed by atoms with Crippen molar-refractivity contribution in [3.8, 4) is 0 Å². The van der Waals surface area contributed by atoms with Gasteiger partial charge in [0.2, 0.25) is 0 Å². The molecule has 0 bridgehead atoms. The molecular formula is C10H18O. The van der Waals surface area contributed by atoms with E-state index in [1.54, 1.807) is 0 Å². The molecular weight excluding hydrogens is 136 g/mol. The lowest BCUT2D eigenvalue weighted by Gasteiger charge is -2.46. The van der Waals surface area contributed by atoms with E-state index >= 15 is 0 Å². The summed E-state index contributed by atoms with van der Waals surface area (Å²) in [6, 6.07) is 0. The van der Waals surface area contributed by atoms with Crippen molar-refractivity contribution in [2.24, 2.45) is 11.3 Å².